The largest absolute Gasteiger partial charge is 0.310 e. The summed E-state index contributed by atoms with van der Waals surface area (Å²) in [5.41, 5.74) is 0.590. The van der Waals surface area contributed by atoms with Gasteiger partial charge in [0, 0.05) is 17.8 Å². The van der Waals surface area contributed by atoms with Gasteiger partial charge in [-0.05, 0) is 36.3 Å². The van der Waals surface area contributed by atoms with Gasteiger partial charge in [-0.1, -0.05) is 20.8 Å². The van der Waals surface area contributed by atoms with Gasteiger partial charge in [0.1, 0.15) is 0 Å². The summed E-state index contributed by atoms with van der Waals surface area (Å²) in [5, 5.41) is 3.86. The molecule has 1 N–H and O–H groups in total. The monoisotopic (exact) mass is 213 g/mol. The van der Waals surface area contributed by atoms with E-state index in [9.17, 15) is 0 Å². The van der Waals surface area contributed by atoms with E-state index in [1.807, 2.05) is 0 Å². The molecule has 0 radical (unpaired) electrons. The molecule has 1 heterocycles. The number of hydrogen-bond acceptors (Lipinski definition) is 2. The molecule has 1 nitrogen and oxygen atoms in total. The lowest BCUT2D eigenvalue weighted by molar-refractivity contribution is 0.341. The fraction of sp³-hybridized carbons (Fsp3) is 1.00. The first kappa shape index (κ1) is 10.8. The van der Waals surface area contributed by atoms with E-state index in [1.54, 1.807) is 0 Å². The number of thioether (sulfide) groups is 1. The van der Waals surface area contributed by atoms with Crippen LogP contribution in [0.15, 0.2) is 0 Å². The van der Waals surface area contributed by atoms with Crippen molar-refractivity contribution in [1.29, 1.82) is 0 Å². The second kappa shape index (κ2) is 4.05. The van der Waals surface area contributed by atoms with Gasteiger partial charge in [-0.3, -0.25) is 0 Å². The quantitative estimate of drug-likeness (QED) is 0.757. The van der Waals surface area contributed by atoms with Crippen LogP contribution in [0.3, 0.4) is 0 Å². The van der Waals surface area contributed by atoms with Crippen LogP contribution in [0.1, 0.15) is 40.0 Å². The van der Waals surface area contributed by atoms with Gasteiger partial charge >= 0.3 is 0 Å². The van der Waals surface area contributed by atoms with Crippen LogP contribution in [-0.2, 0) is 0 Å². The molecular weight excluding hydrogens is 190 g/mol. The molecule has 3 unspecified atom stereocenters. The predicted octanol–water partition coefficient (Wildman–Crippen LogP) is 2.91. The zero-order valence-electron chi connectivity index (χ0n) is 9.68. The van der Waals surface area contributed by atoms with Crippen LogP contribution in [0, 0.1) is 11.3 Å². The highest BCUT2D eigenvalue weighted by Gasteiger charge is 2.34. The van der Waals surface area contributed by atoms with E-state index in [4.69, 9.17) is 0 Å². The lowest BCUT2D eigenvalue weighted by Gasteiger charge is -2.23. The van der Waals surface area contributed by atoms with E-state index in [1.165, 1.54) is 30.8 Å². The molecule has 0 aromatic rings. The molecule has 2 aliphatic rings. The minimum absolute atomic E-state index is 0.590. The zero-order chi connectivity index (χ0) is 10.2. The summed E-state index contributed by atoms with van der Waals surface area (Å²) in [6.07, 6.45) is 4.17. The molecule has 2 fully saturated rings. The molecule has 2 rings (SSSR count). The molecule has 1 saturated carbocycles. The van der Waals surface area contributed by atoms with Crippen molar-refractivity contribution < 1.29 is 0 Å². The fourth-order valence-electron chi connectivity index (χ4n) is 2.75. The molecule has 3 atom stereocenters. The Labute approximate surface area is 92.4 Å². The molecule has 1 saturated heterocycles. The maximum atomic E-state index is 3.86. The standard InChI is InChI=1S/C12H23NS/c1-9-7-14-8-11(9)13-10-4-5-12(2,3)6-10/h9-11,13H,4-8H2,1-3H3. The summed E-state index contributed by atoms with van der Waals surface area (Å²) >= 11 is 2.11. The van der Waals surface area contributed by atoms with Crippen molar-refractivity contribution in [2.24, 2.45) is 11.3 Å². The van der Waals surface area contributed by atoms with Crippen LogP contribution in [0.4, 0.5) is 0 Å². The molecule has 0 aromatic carbocycles. The van der Waals surface area contributed by atoms with Crippen LogP contribution in [0.5, 0.6) is 0 Å². The summed E-state index contributed by atoms with van der Waals surface area (Å²) in [6.45, 7) is 7.20. The molecule has 0 bridgehead atoms. The highest BCUT2D eigenvalue weighted by molar-refractivity contribution is 7.99. The normalized spacial score (nSPS) is 41.8. The van der Waals surface area contributed by atoms with Crippen molar-refractivity contribution >= 4 is 11.8 Å². The molecule has 0 spiro atoms. The van der Waals surface area contributed by atoms with Crippen molar-refractivity contribution in [1.82, 2.24) is 5.32 Å². The van der Waals surface area contributed by atoms with Gasteiger partial charge in [0.15, 0.2) is 0 Å². The SMILES string of the molecule is CC1CSCC1NC1CCC(C)(C)C1. The Hall–Kier alpha value is 0.310. The molecule has 0 amide bonds. The predicted molar refractivity (Wildman–Crippen MR) is 64.8 cm³/mol. The van der Waals surface area contributed by atoms with Crippen LogP contribution in [-0.4, -0.2) is 23.6 Å². The van der Waals surface area contributed by atoms with E-state index in [0.29, 0.717) is 5.41 Å². The topological polar surface area (TPSA) is 12.0 Å². The van der Waals surface area contributed by atoms with Gasteiger partial charge in [-0.15, -0.1) is 0 Å². The third-order valence-corrected chi connectivity index (χ3v) is 5.14. The fourth-order valence-corrected chi connectivity index (χ4v) is 4.17. The minimum atomic E-state index is 0.590. The van der Waals surface area contributed by atoms with E-state index in [-0.39, 0.29) is 0 Å². The van der Waals surface area contributed by atoms with Crippen molar-refractivity contribution in [3.05, 3.63) is 0 Å². The van der Waals surface area contributed by atoms with Gasteiger partial charge in [0.25, 0.3) is 0 Å². The van der Waals surface area contributed by atoms with Crippen LogP contribution < -0.4 is 5.32 Å². The van der Waals surface area contributed by atoms with E-state index in [2.05, 4.69) is 37.8 Å². The maximum Gasteiger partial charge on any atom is 0.0194 e. The zero-order valence-corrected chi connectivity index (χ0v) is 10.5. The molecule has 1 aliphatic carbocycles. The van der Waals surface area contributed by atoms with Gasteiger partial charge in [-0.2, -0.15) is 11.8 Å². The number of nitrogens with one attached hydrogen (secondary N) is 1. The van der Waals surface area contributed by atoms with Gasteiger partial charge in [0.05, 0.1) is 0 Å². The highest BCUT2D eigenvalue weighted by atomic mass is 32.2. The van der Waals surface area contributed by atoms with Gasteiger partial charge in [0.2, 0.25) is 0 Å². The Bertz CT molecular complexity index is 202. The van der Waals surface area contributed by atoms with Crippen molar-refractivity contribution in [3.63, 3.8) is 0 Å². The third kappa shape index (κ3) is 2.46. The second-order valence-electron chi connectivity index (χ2n) is 5.89. The molecule has 0 aromatic heterocycles. The molecule has 14 heavy (non-hydrogen) atoms. The summed E-state index contributed by atoms with van der Waals surface area (Å²) in [5.74, 6) is 3.56. The molecule has 82 valence electrons. The smallest absolute Gasteiger partial charge is 0.0194 e. The average molecular weight is 213 g/mol. The van der Waals surface area contributed by atoms with Gasteiger partial charge < -0.3 is 5.32 Å². The average Bonchev–Trinajstić information content (AvgIpc) is 2.61. The van der Waals surface area contributed by atoms with E-state index < -0.39 is 0 Å². The Balaban J connectivity index is 1.81. The Morgan fingerprint density at radius 3 is 2.57 bits per heavy atom. The van der Waals surface area contributed by atoms with Crippen molar-refractivity contribution in [3.8, 4) is 0 Å². The first-order chi connectivity index (χ1) is 6.57. The first-order valence-corrected chi connectivity index (χ1v) is 7.06. The molecule has 1 aliphatic heterocycles. The third-order valence-electron chi connectivity index (χ3n) is 3.78. The van der Waals surface area contributed by atoms with E-state index >= 15 is 0 Å². The number of hydrogen-bond donors (Lipinski definition) is 1. The molecular formula is C12H23NS. The summed E-state index contributed by atoms with van der Waals surface area (Å²) < 4.78 is 0. The summed E-state index contributed by atoms with van der Waals surface area (Å²) in [6, 6.07) is 1.59. The van der Waals surface area contributed by atoms with Crippen LogP contribution >= 0.6 is 11.8 Å². The Kier molecular flexibility index (Phi) is 3.13. The summed E-state index contributed by atoms with van der Waals surface area (Å²) in [4.78, 5) is 0. The second-order valence-corrected chi connectivity index (χ2v) is 6.97. The van der Waals surface area contributed by atoms with Gasteiger partial charge in [-0.25, -0.2) is 0 Å². The Morgan fingerprint density at radius 1 is 1.29 bits per heavy atom. The lowest BCUT2D eigenvalue weighted by atomic mass is 9.91. The van der Waals surface area contributed by atoms with Crippen LogP contribution in [0.2, 0.25) is 0 Å². The van der Waals surface area contributed by atoms with Crippen LogP contribution in [0.25, 0.3) is 0 Å². The first-order valence-electron chi connectivity index (χ1n) is 5.91. The highest BCUT2D eigenvalue weighted by Crippen LogP contribution is 2.38. The Morgan fingerprint density at radius 2 is 2.07 bits per heavy atom. The minimum Gasteiger partial charge on any atom is -0.310 e. The lowest BCUT2D eigenvalue weighted by Crippen LogP contribution is -2.40. The van der Waals surface area contributed by atoms with E-state index in [0.717, 1.165) is 18.0 Å². The van der Waals surface area contributed by atoms with Crippen molar-refractivity contribution in [2.45, 2.75) is 52.1 Å². The molecule has 2 heteroatoms. The maximum absolute atomic E-state index is 3.86. The number of rotatable bonds is 2. The van der Waals surface area contributed by atoms with Crippen molar-refractivity contribution in [2.75, 3.05) is 11.5 Å². The summed E-state index contributed by atoms with van der Waals surface area (Å²) in [7, 11) is 0.